The monoisotopic (exact) mass is 1130 g/mol. The van der Waals surface area contributed by atoms with E-state index >= 15 is 0 Å². The standard InChI is InChI=1S/C74H140O6/c1-4-7-10-13-16-19-22-25-27-28-29-30-31-32-33-34-35-36-37-38-39-40-41-42-43-44-45-46-47-50-52-55-58-61-64-67-73(76)79-70-71(69-78-72(75)66-63-60-57-54-51-48-24-21-18-15-12-9-6-3)80-74(77)68-65-62-59-56-53-49-26-23-20-17-14-11-8-5-2/h21,24,28-29,71H,4-20,22-23,25-27,30-70H2,1-3H3/b24-21-,29-28-. The minimum atomic E-state index is -0.770. The van der Waals surface area contributed by atoms with E-state index in [2.05, 4.69) is 45.1 Å². The number of carbonyl (C=O) groups excluding carboxylic acids is 3. The van der Waals surface area contributed by atoms with E-state index in [0.29, 0.717) is 19.3 Å². The maximum Gasteiger partial charge on any atom is 0.306 e. The summed E-state index contributed by atoms with van der Waals surface area (Å²) in [5, 5.41) is 0. The number of unbranched alkanes of at least 4 members (excludes halogenated alkanes) is 53. The molecule has 0 heterocycles. The molecule has 1 atom stereocenters. The van der Waals surface area contributed by atoms with Gasteiger partial charge < -0.3 is 14.2 Å². The van der Waals surface area contributed by atoms with Crippen LogP contribution in [0.5, 0.6) is 0 Å². The Balaban J connectivity index is 4.02. The molecule has 6 nitrogen and oxygen atoms in total. The van der Waals surface area contributed by atoms with Gasteiger partial charge in [0.15, 0.2) is 6.10 Å². The van der Waals surface area contributed by atoms with E-state index in [1.165, 1.54) is 308 Å². The van der Waals surface area contributed by atoms with Gasteiger partial charge in [0.1, 0.15) is 13.2 Å². The van der Waals surface area contributed by atoms with Crippen molar-refractivity contribution in [2.75, 3.05) is 13.2 Å². The van der Waals surface area contributed by atoms with E-state index in [-0.39, 0.29) is 31.1 Å². The van der Waals surface area contributed by atoms with Gasteiger partial charge >= 0.3 is 17.9 Å². The third-order valence-corrected chi connectivity index (χ3v) is 16.7. The predicted octanol–water partition coefficient (Wildman–Crippen LogP) is 25.0. The van der Waals surface area contributed by atoms with Gasteiger partial charge in [0, 0.05) is 19.3 Å². The molecule has 0 aromatic carbocycles. The van der Waals surface area contributed by atoms with Gasteiger partial charge in [-0.1, -0.05) is 347 Å². The van der Waals surface area contributed by atoms with Gasteiger partial charge in [0.05, 0.1) is 0 Å². The summed E-state index contributed by atoms with van der Waals surface area (Å²) < 4.78 is 16.9. The number of ether oxygens (including phenoxy) is 3. The number of carbonyl (C=O) groups is 3. The molecule has 0 radical (unpaired) electrons. The molecule has 0 rings (SSSR count). The normalized spacial score (nSPS) is 12.1. The highest BCUT2D eigenvalue weighted by Crippen LogP contribution is 2.19. The third kappa shape index (κ3) is 66.7. The Morgan fingerprint density at radius 1 is 0.237 bits per heavy atom. The van der Waals surface area contributed by atoms with Crippen molar-refractivity contribution in [2.45, 2.75) is 419 Å². The molecule has 0 saturated carbocycles. The van der Waals surface area contributed by atoms with Gasteiger partial charge in [-0.05, 0) is 70.6 Å². The Kier molecular flexibility index (Phi) is 67.6. The van der Waals surface area contributed by atoms with Crippen molar-refractivity contribution in [1.82, 2.24) is 0 Å². The first-order valence-electron chi connectivity index (χ1n) is 36.3. The van der Waals surface area contributed by atoms with Gasteiger partial charge in [-0.3, -0.25) is 14.4 Å². The molecule has 0 aliphatic rings. The second-order valence-electron chi connectivity index (χ2n) is 24.9. The summed E-state index contributed by atoms with van der Waals surface area (Å²) in [4.78, 5) is 38.3. The topological polar surface area (TPSA) is 78.9 Å². The number of rotatable bonds is 68. The lowest BCUT2D eigenvalue weighted by Crippen LogP contribution is -2.30. The minimum absolute atomic E-state index is 0.0672. The quantitative estimate of drug-likeness (QED) is 0.0261. The van der Waals surface area contributed by atoms with Crippen molar-refractivity contribution >= 4 is 17.9 Å². The minimum Gasteiger partial charge on any atom is -0.462 e. The molecule has 0 saturated heterocycles. The first kappa shape index (κ1) is 77.9. The number of hydrogen-bond acceptors (Lipinski definition) is 6. The highest BCUT2D eigenvalue weighted by molar-refractivity contribution is 5.71. The summed E-state index contributed by atoms with van der Waals surface area (Å²) >= 11 is 0. The molecule has 0 amide bonds. The van der Waals surface area contributed by atoms with Crippen LogP contribution in [-0.2, 0) is 28.6 Å². The third-order valence-electron chi connectivity index (χ3n) is 16.7. The fraction of sp³-hybridized carbons (Fsp3) is 0.905. The Labute approximate surface area is 500 Å². The lowest BCUT2D eigenvalue weighted by Gasteiger charge is -2.18. The maximum atomic E-state index is 12.9. The molecule has 0 aromatic heterocycles. The van der Waals surface area contributed by atoms with Crippen LogP contribution in [0.2, 0.25) is 0 Å². The smallest absolute Gasteiger partial charge is 0.306 e. The zero-order valence-electron chi connectivity index (χ0n) is 54.4. The summed E-state index contributed by atoms with van der Waals surface area (Å²) in [6, 6.07) is 0. The fourth-order valence-corrected chi connectivity index (χ4v) is 11.2. The van der Waals surface area contributed by atoms with Crippen LogP contribution in [0.3, 0.4) is 0 Å². The van der Waals surface area contributed by atoms with Gasteiger partial charge in [0.2, 0.25) is 0 Å². The number of esters is 3. The van der Waals surface area contributed by atoms with Crippen LogP contribution < -0.4 is 0 Å². The van der Waals surface area contributed by atoms with Crippen LogP contribution in [0.15, 0.2) is 24.3 Å². The summed E-state index contributed by atoms with van der Waals surface area (Å²) in [6.07, 6.45) is 85.2. The van der Waals surface area contributed by atoms with Crippen molar-refractivity contribution in [3.8, 4) is 0 Å². The molecule has 6 heteroatoms. The van der Waals surface area contributed by atoms with Crippen LogP contribution in [0.4, 0.5) is 0 Å². The van der Waals surface area contributed by atoms with Crippen LogP contribution >= 0.6 is 0 Å². The summed E-state index contributed by atoms with van der Waals surface area (Å²) in [5.41, 5.74) is 0. The largest absolute Gasteiger partial charge is 0.462 e. The van der Waals surface area contributed by atoms with E-state index in [1.54, 1.807) is 0 Å². The molecular formula is C74H140O6. The molecule has 0 bridgehead atoms. The summed E-state index contributed by atoms with van der Waals surface area (Å²) in [5.74, 6) is -0.847. The molecule has 0 spiro atoms. The van der Waals surface area contributed by atoms with Crippen molar-refractivity contribution in [2.24, 2.45) is 0 Å². The molecule has 472 valence electrons. The summed E-state index contributed by atoms with van der Waals surface area (Å²) in [6.45, 7) is 6.69. The summed E-state index contributed by atoms with van der Waals surface area (Å²) in [7, 11) is 0. The second kappa shape index (κ2) is 69.4. The van der Waals surface area contributed by atoms with E-state index in [4.69, 9.17) is 14.2 Å². The van der Waals surface area contributed by atoms with E-state index in [0.717, 1.165) is 64.2 Å². The predicted molar refractivity (Wildman–Crippen MR) is 349 cm³/mol. The van der Waals surface area contributed by atoms with Crippen LogP contribution in [-0.4, -0.2) is 37.2 Å². The van der Waals surface area contributed by atoms with Crippen molar-refractivity contribution in [3.05, 3.63) is 24.3 Å². The molecule has 0 fully saturated rings. The van der Waals surface area contributed by atoms with Crippen LogP contribution in [0.25, 0.3) is 0 Å². The van der Waals surface area contributed by atoms with Crippen molar-refractivity contribution < 1.29 is 28.6 Å². The van der Waals surface area contributed by atoms with Gasteiger partial charge in [-0.15, -0.1) is 0 Å². The zero-order valence-corrected chi connectivity index (χ0v) is 54.4. The molecule has 0 N–H and O–H groups in total. The molecule has 0 aliphatic carbocycles. The second-order valence-corrected chi connectivity index (χ2v) is 24.9. The van der Waals surface area contributed by atoms with Gasteiger partial charge in [-0.2, -0.15) is 0 Å². The zero-order chi connectivity index (χ0) is 57.8. The SMILES string of the molecule is CCCCCC/C=C\CCCCCCCC(=O)OCC(COC(=O)CCCCCCCCCCCCCCCCCCCCCCCCC/C=C\CCCCCCCCCC)OC(=O)CCCCCCCCCCCCCCCC. The molecule has 0 aromatic rings. The average Bonchev–Trinajstić information content (AvgIpc) is 3.46. The lowest BCUT2D eigenvalue weighted by atomic mass is 10.0. The Bertz CT molecular complexity index is 1290. The van der Waals surface area contributed by atoms with Crippen LogP contribution in [0.1, 0.15) is 412 Å². The average molecular weight is 1130 g/mol. The Morgan fingerprint density at radius 2 is 0.412 bits per heavy atom. The van der Waals surface area contributed by atoms with Crippen LogP contribution in [0, 0.1) is 0 Å². The molecule has 1 unspecified atom stereocenters. The molecular weight excluding hydrogens is 985 g/mol. The number of allylic oxidation sites excluding steroid dienone is 4. The highest BCUT2D eigenvalue weighted by atomic mass is 16.6. The first-order valence-corrected chi connectivity index (χ1v) is 36.3. The van der Waals surface area contributed by atoms with Crippen molar-refractivity contribution in [3.63, 3.8) is 0 Å². The molecule has 0 aliphatic heterocycles. The Morgan fingerprint density at radius 3 is 0.637 bits per heavy atom. The van der Waals surface area contributed by atoms with E-state index in [9.17, 15) is 14.4 Å². The first-order chi connectivity index (χ1) is 39.5. The lowest BCUT2D eigenvalue weighted by molar-refractivity contribution is -0.167. The van der Waals surface area contributed by atoms with Crippen molar-refractivity contribution in [1.29, 1.82) is 0 Å². The van der Waals surface area contributed by atoms with E-state index in [1.807, 2.05) is 0 Å². The van der Waals surface area contributed by atoms with Gasteiger partial charge in [0.25, 0.3) is 0 Å². The van der Waals surface area contributed by atoms with Gasteiger partial charge in [-0.25, -0.2) is 0 Å². The fourth-order valence-electron chi connectivity index (χ4n) is 11.2. The van der Waals surface area contributed by atoms with E-state index < -0.39 is 6.10 Å². The molecule has 80 heavy (non-hydrogen) atoms. The maximum absolute atomic E-state index is 12.9. The Hall–Kier alpha value is -2.11. The number of hydrogen-bond donors (Lipinski definition) is 0. The highest BCUT2D eigenvalue weighted by Gasteiger charge is 2.19.